The fraction of sp³-hybridized carbons (Fsp3) is 0.333. The van der Waals surface area contributed by atoms with Crippen LogP contribution in [0.1, 0.15) is 19.3 Å². The van der Waals surface area contributed by atoms with Crippen LogP contribution < -0.4 is 4.72 Å². The number of benzene rings is 1. The number of nitrogens with one attached hydrogen (secondary N) is 1. The van der Waals surface area contributed by atoms with Crippen LogP contribution >= 0.6 is 31.9 Å². The van der Waals surface area contributed by atoms with Gasteiger partial charge in [0.2, 0.25) is 10.0 Å². The van der Waals surface area contributed by atoms with E-state index in [2.05, 4.69) is 42.5 Å². The Labute approximate surface area is 125 Å². The van der Waals surface area contributed by atoms with Crippen molar-refractivity contribution in [2.45, 2.75) is 24.2 Å². The standard InChI is InChI=1S/C12H13Br2NO2S/c1-2-3-4-5-8-15-18(16,17)12-9-10(13)6-7-11(12)14/h1,6-7,9,15H,3-5,8H2. The van der Waals surface area contributed by atoms with Crippen LogP contribution in [-0.2, 0) is 10.0 Å². The number of sulfonamides is 1. The van der Waals surface area contributed by atoms with Crippen molar-refractivity contribution in [3.05, 3.63) is 27.1 Å². The van der Waals surface area contributed by atoms with Crippen LogP contribution in [0.2, 0.25) is 0 Å². The molecular formula is C12H13Br2NO2S. The molecule has 1 rings (SSSR count). The number of hydrogen-bond acceptors (Lipinski definition) is 2. The van der Waals surface area contributed by atoms with E-state index < -0.39 is 10.0 Å². The fourth-order valence-corrected chi connectivity index (χ4v) is 3.89. The van der Waals surface area contributed by atoms with Gasteiger partial charge in [0, 0.05) is 21.9 Å². The average molecular weight is 395 g/mol. The predicted octanol–water partition coefficient (Wildman–Crippen LogP) is 3.29. The van der Waals surface area contributed by atoms with Crippen molar-refractivity contribution < 1.29 is 8.42 Å². The van der Waals surface area contributed by atoms with E-state index in [0.29, 0.717) is 17.4 Å². The largest absolute Gasteiger partial charge is 0.241 e. The Balaban J connectivity index is 2.69. The van der Waals surface area contributed by atoms with Gasteiger partial charge in [-0.1, -0.05) is 15.9 Å². The summed E-state index contributed by atoms with van der Waals surface area (Å²) in [4.78, 5) is 0.230. The molecule has 6 heteroatoms. The second kappa shape index (κ2) is 7.29. The zero-order valence-electron chi connectivity index (χ0n) is 9.62. The third-order valence-corrected chi connectivity index (χ3v) is 5.17. The van der Waals surface area contributed by atoms with Crippen molar-refractivity contribution in [3.8, 4) is 12.3 Å². The van der Waals surface area contributed by atoms with Gasteiger partial charge in [0.05, 0.1) is 4.90 Å². The molecule has 0 fully saturated rings. The van der Waals surface area contributed by atoms with Gasteiger partial charge >= 0.3 is 0 Å². The quantitative estimate of drug-likeness (QED) is 0.594. The normalized spacial score (nSPS) is 11.2. The number of unbranched alkanes of at least 4 members (excludes halogenated alkanes) is 2. The molecule has 98 valence electrons. The Morgan fingerprint density at radius 2 is 2.00 bits per heavy atom. The summed E-state index contributed by atoms with van der Waals surface area (Å²) in [6.07, 6.45) is 7.34. The van der Waals surface area contributed by atoms with Gasteiger partial charge in [-0.3, -0.25) is 0 Å². The minimum atomic E-state index is -3.48. The molecule has 1 aromatic rings. The summed E-state index contributed by atoms with van der Waals surface area (Å²) in [5.74, 6) is 2.52. The van der Waals surface area contributed by atoms with Gasteiger partial charge in [0.15, 0.2) is 0 Å². The molecule has 0 bridgehead atoms. The Hall–Kier alpha value is -0.350. The second-order valence-corrected chi connectivity index (χ2v) is 7.14. The fourth-order valence-electron chi connectivity index (χ4n) is 1.32. The molecule has 0 atom stereocenters. The van der Waals surface area contributed by atoms with Crippen LogP contribution in [0.4, 0.5) is 0 Å². The molecule has 0 radical (unpaired) electrons. The van der Waals surface area contributed by atoms with Gasteiger partial charge in [-0.15, -0.1) is 12.3 Å². The Bertz CT molecular complexity index is 550. The highest BCUT2D eigenvalue weighted by Crippen LogP contribution is 2.25. The first kappa shape index (κ1) is 15.7. The molecule has 0 spiro atoms. The van der Waals surface area contributed by atoms with Gasteiger partial charge in [0.1, 0.15) is 0 Å². The van der Waals surface area contributed by atoms with E-state index in [0.717, 1.165) is 17.3 Å². The summed E-state index contributed by atoms with van der Waals surface area (Å²) in [5, 5.41) is 0. The monoisotopic (exact) mass is 393 g/mol. The lowest BCUT2D eigenvalue weighted by Crippen LogP contribution is -2.25. The van der Waals surface area contributed by atoms with Crippen molar-refractivity contribution in [3.63, 3.8) is 0 Å². The van der Waals surface area contributed by atoms with Crippen molar-refractivity contribution in [2.24, 2.45) is 0 Å². The summed E-state index contributed by atoms with van der Waals surface area (Å²) in [5.41, 5.74) is 0. The number of hydrogen-bond donors (Lipinski definition) is 1. The lowest BCUT2D eigenvalue weighted by molar-refractivity contribution is 0.577. The molecule has 0 aliphatic carbocycles. The number of rotatable bonds is 6. The molecule has 1 aromatic carbocycles. The lowest BCUT2D eigenvalue weighted by atomic mass is 10.2. The van der Waals surface area contributed by atoms with Crippen LogP contribution in [0.25, 0.3) is 0 Å². The van der Waals surface area contributed by atoms with Crippen LogP contribution in [0.15, 0.2) is 32.0 Å². The second-order valence-electron chi connectivity index (χ2n) is 3.63. The maximum atomic E-state index is 12.0. The zero-order valence-corrected chi connectivity index (χ0v) is 13.6. The van der Waals surface area contributed by atoms with Crippen molar-refractivity contribution in [2.75, 3.05) is 6.54 Å². The van der Waals surface area contributed by atoms with E-state index in [1.807, 2.05) is 0 Å². The first-order valence-corrected chi connectivity index (χ1v) is 8.42. The van der Waals surface area contributed by atoms with Gasteiger partial charge in [-0.2, -0.15) is 0 Å². The summed E-state index contributed by atoms with van der Waals surface area (Å²) in [6, 6.07) is 5.03. The highest BCUT2D eigenvalue weighted by Gasteiger charge is 2.17. The van der Waals surface area contributed by atoms with Crippen LogP contribution in [0.5, 0.6) is 0 Å². The van der Waals surface area contributed by atoms with Gasteiger partial charge in [-0.05, 0) is 47.0 Å². The highest BCUT2D eigenvalue weighted by molar-refractivity contribution is 9.11. The molecule has 0 unspecified atom stereocenters. The Morgan fingerprint density at radius 1 is 1.28 bits per heavy atom. The minimum Gasteiger partial charge on any atom is -0.211 e. The Morgan fingerprint density at radius 3 is 2.67 bits per heavy atom. The van der Waals surface area contributed by atoms with E-state index in [1.54, 1.807) is 18.2 Å². The molecular weight excluding hydrogens is 382 g/mol. The van der Waals surface area contributed by atoms with Gasteiger partial charge in [-0.25, -0.2) is 13.1 Å². The minimum absolute atomic E-state index is 0.230. The Kier molecular flexibility index (Phi) is 6.36. The van der Waals surface area contributed by atoms with Gasteiger partial charge in [0.25, 0.3) is 0 Å². The molecule has 18 heavy (non-hydrogen) atoms. The van der Waals surface area contributed by atoms with E-state index in [4.69, 9.17) is 6.42 Å². The SMILES string of the molecule is C#CCCCCNS(=O)(=O)c1cc(Br)ccc1Br. The molecule has 0 amide bonds. The smallest absolute Gasteiger partial charge is 0.211 e. The topological polar surface area (TPSA) is 46.2 Å². The molecule has 0 heterocycles. The van der Waals surface area contributed by atoms with Gasteiger partial charge < -0.3 is 0 Å². The average Bonchev–Trinajstić information content (AvgIpc) is 2.32. The van der Waals surface area contributed by atoms with Crippen LogP contribution in [-0.4, -0.2) is 15.0 Å². The number of halogens is 2. The molecule has 0 aromatic heterocycles. The van der Waals surface area contributed by atoms with Crippen LogP contribution in [0.3, 0.4) is 0 Å². The molecule has 0 aliphatic rings. The first-order valence-electron chi connectivity index (χ1n) is 5.35. The van der Waals surface area contributed by atoms with E-state index in [9.17, 15) is 8.42 Å². The summed E-state index contributed by atoms with van der Waals surface area (Å²) < 4.78 is 27.9. The summed E-state index contributed by atoms with van der Waals surface area (Å²) >= 11 is 6.49. The first-order chi connectivity index (χ1) is 8.47. The van der Waals surface area contributed by atoms with E-state index in [-0.39, 0.29) is 4.90 Å². The van der Waals surface area contributed by atoms with E-state index in [1.165, 1.54) is 0 Å². The third-order valence-electron chi connectivity index (χ3n) is 2.22. The third kappa shape index (κ3) is 4.73. The molecule has 0 saturated carbocycles. The zero-order chi connectivity index (χ0) is 13.6. The maximum absolute atomic E-state index is 12.0. The predicted molar refractivity (Wildman–Crippen MR) is 79.7 cm³/mol. The molecule has 1 N–H and O–H groups in total. The maximum Gasteiger partial charge on any atom is 0.241 e. The van der Waals surface area contributed by atoms with Crippen molar-refractivity contribution in [1.82, 2.24) is 4.72 Å². The van der Waals surface area contributed by atoms with Crippen molar-refractivity contribution >= 4 is 41.9 Å². The highest BCUT2D eigenvalue weighted by atomic mass is 79.9. The molecule has 3 nitrogen and oxygen atoms in total. The number of terminal acetylenes is 1. The summed E-state index contributed by atoms with van der Waals surface area (Å²) in [6.45, 7) is 0.392. The molecule has 0 aliphatic heterocycles. The molecule has 0 saturated heterocycles. The summed E-state index contributed by atoms with van der Waals surface area (Å²) in [7, 11) is -3.48. The van der Waals surface area contributed by atoms with E-state index >= 15 is 0 Å². The lowest BCUT2D eigenvalue weighted by Gasteiger charge is -2.08. The van der Waals surface area contributed by atoms with Crippen LogP contribution in [0, 0.1) is 12.3 Å². The van der Waals surface area contributed by atoms with Crippen molar-refractivity contribution in [1.29, 1.82) is 0 Å².